The Balaban J connectivity index is 1.29. The Hall–Kier alpha value is -2.67. The van der Waals surface area contributed by atoms with E-state index in [2.05, 4.69) is 25.5 Å². The molecular weight excluding hydrogens is 366 g/mol. The molecule has 3 aromatic heterocycles. The summed E-state index contributed by atoms with van der Waals surface area (Å²) in [6, 6.07) is 4.39. The molecule has 2 aliphatic heterocycles. The fraction of sp³-hybridized carbons (Fsp3) is 0.500. The molecule has 5 rings (SSSR count). The standard InChI is InChI=1S/C22H27N5O2/c1-16(26-9-7-24-15-26)10-21(28)27-18-2-3-19(27)12-22(29,11-18)14-25-8-5-17-4-6-23-13-20(17)25/h4-9,13,15-16,18-19,29H,2-3,10-12,14H2,1H3. The summed E-state index contributed by atoms with van der Waals surface area (Å²) in [4.78, 5) is 23.4. The van der Waals surface area contributed by atoms with Crippen LogP contribution in [0.15, 0.2) is 49.4 Å². The van der Waals surface area contributed by atoms with Crippen molar-refractivity contribution >= 4 is 16.8 Å². The molecule has 2 saturated heterocycles. The first-order chi connectivity index (χ1) is 14.0. The lowest BCUT2D eigenvalue weighted by atomic mass is 9.85. The topological polar surface area (TPSA) is 76.2 Å². The Labute approximate surface area is 170 Å². The molecule has 2 aliphatic rings. The smallest absolute Gasteiger partial charge is 0.225 e. The highest BCUT2D eigenvalue weighted by Crippen LogP contribution is 2.42. The lowest BCUT2D eigenvalue weighted by molar-refractivity contribution is -0.142. The number of carbonyl (C=O) groups excluding carboxylic acids is 1. The van der Waals surface area contributed by atoms with Crippen LogP contribution in [0.1, 0.15) is 45.1 Å². The molecule has 1 amide bonds. The second-order valence-electron chi connectivity index (χ2n) is 8.76. The summed E-state index contributed by atoms with van der Waals surface area (Å²) in [7, 11) is 0. The average Bonchev–Trinajstić information content (AvgIpc) is 3.41. The molecule has 5 heterocycles. The number of nitrogens with zero attached hydrogens (tertiary/aromatic N) is 5. The van der Waals surface area contributed by atoms with Crippen molar-refractivity contribution in [3.63, 3.8) is 0 Å². The number of imidazole rings is 1. The number of hydrogen-bond donors (Lipinski definition) is 1. The normalized spacial score (nSPS) is 27.4. The molecule has 0 spiro atoms. The molecule has 3 unspecified atom stereocenters. The predicted octanol–water partition coefficient (Wildman–Crippen LogP) is 2.77. The van der Waals surface area contributed by atoms with Gasteiger partial charge < -0.3 is 19.1 Å². The summed E-state index contributed by atoms with van der Waals surface area (Å²) in [5, 5.41) is 12.6. The maximum absolute atomic E-state index is 13.1. The Morgan fingerprint density at radius 1 is 1.21 bits per heavy atom. The Kier molecular flexibility index (Phi) is 4.42. The van der Waals surface area contributed by atoms with Crippen molar-refractivity contribution in [2.75, 3.05) is 0 Å². The number of fused-ring (bicyclic) bond motifs is 3. The molecule has 0 aromatic carbocycles. The summed E-state index contributed by atoms with van der Waals surface area (Å²) in [5.41, 5.74) is 0.251. The van der Waals surface area contributed by atoms with Crippen LogP contribution in [0, 0.1) is 0 Å². The van der Waals surface area contributed by atoms with Gasteiger partial charge in [0.1, 0.15) is 0 Å². The Morgan fingerprint density at radius 3 is 2.72 bits per heavy atom. The van der Waals surface area contributed by atoms with E-state index in [-0.39, 0.29) is 24.0 Å². The largest absolute Gasteiger partial charge is 0.388 e. The number of hydrogen-bond acceptors (Lipinski definition) is 4. The van der Waals surface area contributed by atoms with E-state index in [1.165, 1.54) is 0 Å². The van der Waals surface area contributed by atoms with Crippen LogP contribution < -0.4 is 0 Å². The second-order valence-corrected chi connectivity index (χ2v) is 8.76. The summed E-state index contributed by atoms with van der Waals surface area (Å²) in [6.45, 7) is 2.59. The van der Waals surface area contributed by atoms with Crippen molar-refractivity contribution in [3.8, 4) is 0 Å². The molecule has 0 radical (unpaired) electrons. The van der Waals surface area contributed by atoms with Crippen LogP contribution >= 0.6 is 0 Å². The first-order valence-corrected chi connectivity index (χ1v) is 10.4. The minimum absolute atomic E-state index is 0.0870. The van der Waals surface area contributed by atoms with Gasteiger partial charge in [-0.1, -0.05) is 0 Å². The summed E-state index contributed by atoms with van der Waals surface area (Å²) < 4.78 is 4.08. The average molecular weight is 393 g/mol. The van der Waals surface area contributed by atoms with E-state index in [9.17, 15) is 9.90 Å². The van der Waals surface area contributed by atoms with Gasteiger partial charge >= 0.3 is 0 Å². The van der Waals surface area contributed by atoms with Crippen LogP contribution in [0.5, 0.6) is 0 Å². The number of pyridine rings is 1. The van der Waals surface area contributed by atoms with Gasteiger partial charge in [0.2, 0.25) is 5.91 Å². The van der Waals surface area contributed by atoms with Crippen LogP contribution in [-0.4, -0.2) is 52.7 Å². The van der Waals surface area contributed by atoms with Crippen LogP contribution in [-0.2, 0) is 11.3 Å². The summed E-state index contributed by atoms with van der Waals surface area (Å²) >= 11 is 0. The zero-order valence-electron chi connectivity index (χ0n) is 16.7. The predicted molar refractivity (Wildman–Crippen MR) is 109 cm³/mol. The zero-order valence-corrected chi connectivity index (χ0v) is 16.7. The van der Waals surface area contributed by atoms with Gasteiger partial charge in [-0.15, -0.1) is 0 Å². The second kappa shape index (κ2) is 6.99. The minimum Gasteiger partial charge on any atom is -0.388 e. The van der Waals surface area contributed by atoms with Crippen molar-refractivity contribution in [1.29, 1.82) is 0 Å². The highest BCUT2D eigenvalue weighted by Gasteiger charge is 2.49. The minimum atomic E-state index is -0.791. The molecule has 2 bridgehead atoms. The third-order valence-corrected chi connectivity index (χ3v) is 6.68. The van der Waals surface area contributed by atoms with E-state index in [0.717, 1.165) is 23.7 Å². The van der Waals surface area contributed by atoms with Crippen LogP contribution in [0.2, 0.25) is 0 Å². The van der Waals surface area contributed by atoms with Gasteiger partial charge in [0.25, 0.3) is 0 Å². The van der Waals surface area contributed by atoms with E-state index < -0.39 is 5.60 Å². The van der Waals surface area contributed by atoms with Gasteiger partial charge in [-0.3, -0.25) is 9.78 Å². The van der Waals surface area contributed by atoms with Gasteiger partial charge in [0, 0.05) is 54.7 Å². The maximum Gasteiger partial charge on any atom is 0.225 e. The first kappa shape index (κ1) is 18.4. The number of aromatic nitrogens is 4. The van der Waals surface area contributed by atoms with Gasteiger partial charge in [-0.05, 0) is 44.7 Å². The van der Waals surface area contributed by atoms with Crippen LogP contribution in [0.4, 0.5) is 0 Å². The molecule has 152 valence electrons. The zero-order chi connectivity index (χ0) is 20.0. The monoisotopic (exact) mass is 393 g/mol. The van der Waals surface area contributed by atoms with Gasteiger partial charge in [0.15, 0.2) is 0 Å². The summed E-state index contributed by atoms with van der Waals surface area (Å²) in [6.07, 6.45) is 14.8. The Morgan fingerprint density at radius 2 is 2.00 bits per heavy atom. The third-order valence-electron chi connectivity index (χ3n) is 6.68. The van der Waals surface area contributed by atoms with Gasteiger partial charge in [0.05, 0.1) is 30.2 Å². The molecule has 7 nitrogen and oxygen atoms in total. The molecular formula is C22H27N5O2. The molecule has 3 atom stereocenters. The fourth-order valence-electron chi connectivity index (χ4n) is 5.34. The molecule has 1 N–H and O–H groups in total. The van der Waals surface area contributed by atoms with E-state index in [0.29, 0.717) is 25.8 Å². The highest BCUT2D eigenvalue weighted by atomic mass is 16.3. The lowest BCUT2D eigenvalue weighted by Gasteiger charge is -2.44. The highest BCUT2D eigenvalue weighted by molar-refractivity contribution is 5.79. The van der Waals surface area contributed by atoms with Crippen molar-refractivity contribution in [2.24, 2.45) is 0 Å². The fourth-order valence-corrected chi connectivity index (χ4v) is 5.34. The van der Waals surface area contributed by atoms with Crippen molar-refractivity contribution in [1.82, 2.24) is 24.0 Å². The summed E-state index contributed by atoms with van der Waals surface area (Å²) in [5.74, 6) is 0.191. The van der Waals surface area contributed by atoms with Crippen molar-refractivity contribution < 1.29 is 9.90 Å². The number of rotatable bonds is 5. The number of aliphatic hydroxyl groups is 1. The lowest BCUT2D eigenvalue weighted by Crippen LogP contribution is -2.54. The van der Waals surface area contributed by atoms with Crippen molar-refractivity contribution in [2.45, 2.75) is 69.3 Å². The van der Waals surface area contributed by atoms with Gasteiger partial charge in [-0.25, -0.2) is 4.98 Å². The van der Waals surface area contributed by atoms with E-state index in [1.54, 1.807) is 18.7 Å². The number of amides is 1. The van der Waals surface area contributed by atoms with Gasteiger partial charge in [-0.2, -0.15) is 0 Å². The first-order valence-electron chi connectivity index (χ1n) is 10.4. The third kappa shape index (κ3) is 3.33. The SMILES string of the molecule is CC(CC(=O)N1C2CCC1CC(O)(Cn1ccc3ccncc31)C2)n1ccnc1. The van der Waals surface area contributed by atoms with E-state index in [1.807, 2.05) is 36.1 Å². The molecule has 0 saturated carbocycles. The van der Waals surface area contributed by atoms with Crippen LogP contribution in [0.25, 0.3) is 10.9 Å². The molecule has 29 heavy (non-hydrogen) atoms. The maximum atomic E-state index is 13.1. The number of piperidine rings is 1. The van der Waals surface area contributed by atoms with E-state index in [4.69, 9.17) is 0 Å². The quantitative estimate of drug-likeness (QED) is 0.723. The molecule has 0 aliphatic carbocycles. The Bertz CT molecular complexity index is 997. The van der Waals surface area contributed by atoms with E-state index >= 15 is 0 Å². The van der Waals surface area contributed by atoms with Crippen LogP contribution in [0.3, 0.4) is 0 Å². The van der Waals surface area contributed by atoms with Crippen molar-refractivity contribution in [3.05, 3.63) is 49.4 Å². The molecule has 3 aromatic rings. The molecule has 2 fully saturated rings. The number of carbonyl (C=O) groups is 1. The molecule has 7 heteroatoms.